The summed E-state index contributed by atoms with van der Waals surface area (Å²) in [7, 11) is 0. The summed E-state index contributed by atoms with van der Waals surface area (Å²) in [6.45, 7) is 3.96. The van der Waals surface area contributed by atoms with Gasteiger partial charge in [-0.3, -0.25) is 9.59 Å². The van der Waals surface area contributed by atoms with Crippen molar-refractivity contribution in [1.29, 1.82) is 0 Å². The maximum Gasteiger partial charge on any atom is 0.416 e. The molecular weight excluding hydrogens is 385 g/mol. The number of carbonyl (C=O) groups excluding carboxylic acids is 1. The van der Waals surface area contributed by atoms with Gasteiger partial charge < -0.3 is 11.1 Å². The van der Waals surface area contributed by atoms with Crippen molar-refractivity contribution in [2.24, 2.45) is 11.7 Å². The molecule has 0 aliphatic rings. The summed E-state index contributed by atoms with van der Waals surface area (Å²) in [5.41, 5.74) is 4.03. The number of nitrogens with one attached hydrogen (secondary N) is 1. The maximum absolute atomic E-state index is 12.9. The number of aryl methyl sites for hydroxylation is 1. The van der Waals surface area contributed by atoms with E-state index in [-0.39, 0.29) is 30.6 Å². The van der Waals surface area contributed by atoms with E-state index in [1.165, 1.54) is 19.1 Å². The van der Waals surface area contributed by atoms with Crippen LogP contribution in [0.25, 0.3) is 5.69 Å². The normalized spacial score (nSPS) is 12.2. The zero-order chi connectivity index (χ0) is 19.5. The van der Waals surface area contributed by atoms with Crippen LogP contribution in [0.5, 0.6) is 0 Å². The van der Waals surface area contributed by atoms with Crippen LogP contribution in [-0.2, 0) is 6.18 Å². The number of aromatic nitrogens is 2. The molecule has 6 nitrogen and oxygen atoms in total. The number of benzene rings is 1. The van der Waals surface area contributed by atoms with E-state index in [0.717, 1.165) is 22.9 Å². The van der Waals surface area contributed by atoms with Gasteiger partial charge in [0.25, 0.3) is 5.91 Å². The highest BCUT2D eigenvalue weighted by atomic mass is 35.5. The molecule has 2 rings (SSSR count). The van der Waals surface area contributed by atoms with Crippen molar-refractivity contribution in [2.75, 3.05) is 13.1 Å². The first-order chi connectivity index (χ1) is 12.1. The molecule has 1 aromatic carbocycles. The number of hydrogen-bond acceptors (Lipinski definition) is 4. The van der Waals surface area contributed by atoms with E-state index in [2.05, 4.69) is 10.4 Å². The number of alkyl halides is 3. The Hall–Kier alpha value is -2.39. The summed E-state index contributed by atoms with van der Waals surface area (Å²) in [4.78, 5) is 24.3. The Labute approximate surface area is 160 Å². The number of rotatable bonds is 5. The molecule has 0 fully saturated rings. The minimum Gasteiger partial charge on any atom is -0.350 e. The van der Waals surface area contributed by atoms with Crippen molar-refractivity contribution >= 4 is 18.3 Å². The molecule has 0 aliphatic heterocycles. The number of nitrogens with zero attached hydrogens (tertiary/aromatic N) is 2. The smallest absolute Gasteiger partial charge is 0.350 e. The summed E-state index contributed by atoms with van der Waals surface area (Å²) in [6, 6.07) is 5.65. The van der Waals surface area contributed by atoms with Gasteiger partial charge in [-0.2, -0.15) is 18.3 Å². The van der Waals surface area contributed by atoms with Gasteiger partial charge in [0.05, 0.1) is 11.3 Å². The quantitative estimate of drug-likeness (QED) is 0.800. The second-order valence-corrected chi connectivity index (χ2v) is 6.01. The van der Waals surface area contributed by atoms with Crippen LogP contribution in [-0.4, -0.2) is 28.8 Å². The van der Waals surface area contributed by atoms with Gasteiger partial charge in [-0.25, -0.2) is 4.68 Å². The number of amides is 1. The lowest BCUT2D eigenvalue weighted by Crippen LogP contribution is -2.35. The molecule has 2 aromatic rings. The highest BCUT2D eigenvalue weighted by molar-refractivity contribution is 5.92. The van der Waals surface area contributed by atoms with Gasteiger partial charge in [-0.05, 0) is 37.6 Å². The minimum atomic E-state index is -4.51. The molecule has 1 heterocycles. The molecular formula is C17H20ClF3N4O2. The number of hydrogen-bond donors (Lipinski definition) is 2. The zero-order valence-corrected chi connectivity index (χ0v) is 15.5. The number of halogens is 4. The topological polar surface area (TPSA) is 90.0 Å². The van der Waals surface area contributed by atoms with Crippen LogP contribution in [0.1, 0.15) is 28.7 Å². The standard InChI is InChI=1S/C17H19F3N4O2.ClH/c1-10(8-21)9-22-16(26)15-14(25)6-11(2)24(23-15)13-5-3-4-12(7-13)17(18,19)20;/h3-7,10H,8-9,21H2,1-2H3,(H,22,26);1H. The van der Waals surface area contributed by atoms with Crippen molar-refractivity contribution in [3.63, 3.8) is 0 Å². The summed E-state index contributed by atoms with van der Waals surface area (Å²) in [5.74, 6) is -0.689. The predicted octanol–water partition coefficient (Wildman–Crippen LogP) is 2.31. The van der Waals surface area contributed by atoms with Crippen LogP contribution in [0.2, 0.25) is 0 Å². The van der Waals surface area contributed by atoms with E-state index in [1.807, 2.05) is 6.92 Å². The van der Waals surface area contributed by atoms with E-state index < -0.39 is 28.8 Å². The van der Waals surface area contributed by atoms with Crippen molar-refractivity contribution in [3.05, 3.63) is 57.5 Å². The molecule has 3 N–H and O–H groups in total. The fourth-order valence-corrected chi connectivity index (χ4v) is 2.21. The lowest BCUT2D eigenvalue weighted by molar-refractivity contribution is -0.137. The Morgan fingerprint density at radius 1 is 1.33 bits per heavy atom. The molecule has 27 heavy (non-hydrogen) atoms. The van der Waals surface area contributed by atoms with E-state index in [0.29, 0.717) is 12.2 Å². The molecule has 1 atom stereocenters. The van der Waals surface area contributed by atoms with Gasteiger partial charge in [0.1, 0.15) is 0 Å². The molecule has 148 valence electrons. The third-order valence-electron chi connectivity index (χ3n) is 3.75. The average Bonchev–Trinajstić information content (AvgIpc) is 2.58. The van der Waals surface area contributed by atoms with Crippen LogP contribution >= 0.6 is 12.4 Å². The molecule has 0 saturated carbocycles. The lowest BCUT2D eigenvalue weighted by atomic mass is 10.2. The second kappa shape index (κ2) is 9.01. The van der Waals surface area contributed by atoms with E-state index in [4.69, 9.17) is 5.73 Å². The molecule has 1 aromatic heterocycles. The van der Waals surface area contributed by atoms with Crippen molar-refractivity contribution in [1.82, 2.24) is 15.1 Å². The Balaban J connectivity index is 0.00000364. The summed E-state index contributed by atoms with van der Waals surface area (Å²) >= 11 is 0. The molecule has 0 radical (unpaired) electrons. The summed E-state index contributed by atoms with van der Waals surface area (Å²) in [5, 5.41) is 6.51. The molecule has 0 saturated heterocycles. The first-order valence-electron chi connectivity index (χ1n) is 7.90. The molecule has 1 unspecified atom stereocenters. The van der Waals surface area contributed by atoms with Gasteiger partial charge in [-0.15, -0.1) is 12.4 Å². The van der Waals surface area contributed by atoms with Gasteiger partial charge in [0.2, 0.25) is 5.43 Å². The van der Waals surface area contributed by atoms with Crippen LogP contribution in [0, 0.1) is 12.8 Å². The molecule has 1 amide bonds. The van der Waals surface area contributed by atoms with Gasteiger partial charge in [0, 0.05) is 18.3 Å². The first-order valence-corrected chi connectivity index (χ1v) is 7.90. The van der Waals surface area contributed by atoms with Crippen LogP contribution in [0.3, 0.4) is 0 Å². The molecule has 10 heteroatoms. The largest absolute Gasteiger partial charge is 0.416 e. The average molecular weight is 405 g/mol. The first kappa shape index (κ1) is 22.7. The Bertz CT molecular complexity index is 868. The maximum atomic E-state index is 12.9. The minimum absolute atomic E-state index is 0. The van der Waals surface area contributed by atoms with Crippen LogP contribution in [0.15, 0.2) is 35.1 Å². The third kappa shape index (κ3) is 5.54. The molecule has 0 bridgehead atoms. The predicted molar refractivity (Wildman–Crippen MR) is 97.4 cm³/mol. The molecule has 0 aliphatic carbocycles. The molecule has 0 spiro atoms. The zero-order valence-electron chi connectivity index (χ0n) is 14.7. The monoisotopic (exact) mass is 404 g/mol. The summed E-state index contributed by atoms with van der Waals surface area (Å²) in [6.07, 6.45) is -4.51. The Morgan fingerprint density at radius 3 is 2.59 bits per heavy atom. The second-order valence-electron chi connectivity index (χ2n) is 6.01. The van der Waals surface area contributed by atoms with Crippen LogP contribution < -0.4 is 16.5 Å². The SMILES string of the molecule is Cc1cc(=O)c(C(=O)NCC(C)CN)nn1-c1cccc(C(F)(F)F)c1.Cl. The number of carbonyl (C=O) groups is 1. The fraction of sp³-hybridized carbons (Fsp3) is 0.353. The van der Waals surface area contributed by atoms with Crippen molar-refractivity contribution in [3.8, 4) is 5.69 Å². The van der Waals surface area contributed by atoms with Gasteiger partial charge in [0.15, 0.2) is 5.69 Å². The Morgan fingerprint density at radius 2 is 2.00 bits per heavy atom. The Kier molecular flexibility index (Phi) is 7.55. The lowest BCUT2D eigenvalue weighted by Gasteiger charge is -2.14. The van der Waals surface area contributed by atoms with Crippen molar-refractivity contribution < 1.29 is 18.0 Å². The fourth-order valence-electron chi connectivity index (χ4n) is 2.21. The highest BCUT2D eigenvalue weighted by Gasteiger charge is 2.30. The third-order valence-corrected chi connectivity index (χ3v) is 3.75. The number of nitrogens with two attached hydrogens (primary N) is 1. The van der Waals surface area contributed by atoms with E-state index in [1.54, 1.807) is 0 Å². The van der Waals surface area contributed by atoms with Gasteiger partial charge >= 0.3 is 6.18 Å². The highest BCUT2D eigenvalue weighted by Crippen LogP contribution is 2.30. The van der Waals surface area contributed by atoms with Gasteiger partial charge in [-0.1, -0.05) is 13.0 Å². The van der Waals surface area contributed by atoms with E-state index >= 15 is 0 Å². The van der Waals surface area contributed by atoms with Crippen molar-refractivity contribution in [2.45, 2.75) is 20.0 Å². The van der Waals surface area contributed by atoms with E-state index in [9.17, 15) is 22.8 Å². The summed E-state index contributed by atoms with van der Waals surface area (Å²) < 4.78 is 39.9. The van der Waals surface area contributed by atoms with Crippen LogP contribution in [0.4, 0.5) is 13.2 Å².